The van der Waals surface area contributed by atoms with E-state index in [1.807, 2.05) is 11.8 Å². The average molecular weight is 221 g/mol. The van der Waals surface area contributed by atoms with E-state index >= 15 is 0 Å². The maximum atomic E-state index is 5.73. The number of benzene rings is 1. The van der Waals surface area contributed by atoms with Gasteiger partial charge in [-0.15, -0.1) is 11.8 Å². The van der Waals surface area contributed by atoms with Crippen molar-refractivity contribution < 1.29 is 0 Å². The average Bonchev–Trinajstić information content (AvgIpc) is 2.23. The van der Waals surface area contributed by atoms with Crippen LogP contribution in [0.5, 0.6) is 0 Å². The molecule has 0 aromatic heterocycles. The molecule has 0 saturated carbocycles. The molecule has 0 radical (unpaired) electrons. The summed E-state index contributed by atoms with van der Waals surface area (Å²) in [7, 11) is 0. The molecule has 1 unspecified atom stereocenters. The molecular weight excluding hydrogens is 202 g/mol. The van der Waals surface area contributed by atoms with Crippen LogP contribution in [-0.4, -0.2) is 12.3 Å². The van der Waals surface area contributed by atoms with Crippen LogP contribution >= 0.6 is 11.8 Å². The van der Waals surface area contributed by atoms with Gasteiger partial charge in [-0.3, -0.25) is 0 Å². The Labute approximate surface area is 96.4 Å². The van der Waals surface area contributed by atoms with Crippen LogP contribution in [0.25, 0.3) is 0 Å². The first-order valence-electron chi connectivity index (χ1n) is 5.57. The standard InChI is InChI=1S/C13H19NS/c1-13(2)9-15-12-6-4-3-5-10(12)11(13)7-8-14/h3-6,11H,7-9,14H2,1-2H3. The molecule has 1 aromatic rings. The van der Waals surface area contributed by atoms with Crippen LogP contribution < -0.4 is 5.73 Å². The summed E-state index contributed by atoms with van der Waals surface area (Å²) in [5.74, 6) is 1.83. The monoisotopic (exact) mass is 221 g/mol. The van der Waals surface area contributed by atoms with Crippen molar-refractivity contribution in [2.24, 2.45) is 11.1 Å². The fourth-order valence-corrected chi connectivity index (χ4v) is 3.68. The smallest absolute Gasteiger partial charge is 0.0107 e. The maximum Gasteiger partial charge on any atom is 0.0107 e. The zero-order valence-corrected chi connectivity index (χ0v) is 10.3. The molecule has 1 aliphatic rings. The third-order valence-corrected chi connectivity index (χ3v) is 4.86. The normalized spacial score (nSPS) is 23.5. The molecule has 1 aromatic carbocycles. The fourth-order valence-electron chi connectivity index (χ4n) is 2.40. The van der Waals surface area contributed by atoms with Gasteiger partial charge in [0, 0.05) is 10.6 Å². The molecule has 0 amide bonds. The molecular formula is C13H19NS. The van der Waals surface area contributed by atoms with Gasteiger partial charge in [-0.1, -0.05) is 32.0 Å². The first-order valence-corrected chi connectivity index (χ1v) is 6.55. The van der Waals surface area contributed by atoms with Gasteiger partial charge >= 0.3 is 0 Å². The molecule has 1 aliphatic heterocycles. The van der Waals surface area contributed by atoms with Crippen molar-refractivity contribution >= 4 is 11.8 Å². The van der Waals surface area contributed by atoms with Gasteiger partial charge in [0.15, 0.2) is 0 Å². The van der Waals surface area contributed by atoms with E-state index in [-0.39, 0.29) is 0 Å². The van der Waals surface area contributed by atoms with Crippen molar-refractivity contribution in [1.29, 1.82) is 0 Å². The Morgan fingerprint density at radius 3 is 2.87 bits per heavy atom. The fraction of sp³-hybridized carbons (Fsp3) is 0.538. The number of hydrogen-bond donors (Lipinski definition) is 1. The lowest BCUT2D eigenvalue weighted by molar-refractivity contribution is 0.307. The lowest BCUT2D eigenvalue weighted by Gasteiger charge is -2.39. The highest BCUT2D eigenvalue weighted by molar-refractivity contribution is 7.99. The summed E-state index contributed by atoms with van der Waals surface area (Å²) in [6.07, 6.45) is 1.10. The SMILES string of the molecule is CC1(C)CSc2ccccc2C1CCN. The van der Waals surface area contributed by atoms with Gasteiger partial charge in [0.05, 0.1) is 0 Å². The molecule has 0 saturated heterocycles. The predicted octanol–water partition coefficient (Wildman–Crippen LogP) is 3.25. The highest BCUT2D eigenvalue weighted by Gasteiger charge is 2.35. The minimum atomic E-state index is 0.373. The molecule has 82 valence electrons. The van der Waals surface area contributed by atoms with E-state index in [4.69, 9.17) is 5.73 Å². The van der Waals surface area contributed by atoms with Crippen molar-refractivity contribution in [1.82, 2.24) is 0 Å². The van der Waals surface area contributed by atoms with Crippen molar-refractivity contribution in [2.75, 3.05) is 12.3 Å². The second kappa shape index (κ2) is 4.18. The largest absolute Gasteiger partial charge is 0.330 e. The number of nitrogens with two attached hydrogens (primary N) is 1. The summed E-state index contributed by atoms with van der Waals surface area (Å²) in [4.78, 5) is 1.45. The van der Waals surface area contributed by atoms with Crippen LogP contribution in [-0.2, 0) is 0 Å². The van der Waals surface area contributed by atoms with Gasteiger partial charge in [0.25, 0.3) is 0 Å². The summed E-state index contributed by atoms with van der Waals surface area (Å²) in [6, 6.07) is 8.77. The van der Waals surface area contributed by atoms with E-state index in [9.17, 15) is 0 Å². The Balaban J connectivity index is 2.39. The number of hydrogen-bond acceptors (Lipinski definition) is 2. The highest BCUT2D eigenvalue weighted by Crippen LogP contribution is 2.49. The Morgan fingerprint density at radius 1 is 1.40 bits per heavy atom. The van der Waals surface area contributed by atoms with Gasteiger partial charge in [-0.2, -0.15) is 0 Å². The number of rotatable bonds is 2. The third-order valence-electron chi connectivity index (χ3n) is 3.29. The Morgan fingerprint density at radius 2 is 2.13 bits per heavy atom. The second-order valence-corrected chi connectivity index (χ2v) is 5.96. The predicted molar refractivity (Wildman–Crippen MR) is 67.4 cm³/mol. The van der Waals surface area contributed by atoms with Crippen LogP contribution in [0.15, 0.2) is 29.2 Å². The van der Waals surface area contributed by atoms with E-state index in [2.05, 4.69) is 38.1 Å². The van der Waals surface area contributed by atoms with Crippen LogP contribution in [0.3, 0.4) is 0 Å². The number of thioether (sulfide) groups is 1. The van der Waals surface area contributed by atoms with E-state index < -0.39 is 0 Å². The molecule has 0 bridgehead atoms. The van der Waals surface area contributed by atoms with Gasteiger partial charge < -0.3 is 5.73 Å². The highest BCUT2D eigenvalue weighted by atomic mass is 32.2. The lowest BCUT2D eigenvalue weighted by Crippen LogP contribution is -2.30. The lowest BCUT2D eigenvalue weighted by atomic mass is 9.74. The first kappa shape index (κ1) is 11.0. The van der Waals surface area contributed by atoms with Crippen molar-refractivity contribution in [3.63, 3.8) is 0 Å². The molecule has 2 N–H and O–H groups in total. The van der Waals surface area contributed by atoms with E-state index in [1.165, 1.54) is 16.2 Å². The third kappa shape index (κ3) is 2.06. The summed E-state index contributed by atoms with van der Waals surface area (Å²) < 4.78 is 0. The van der Waals surface area contributed by atoms with Crippen molar-refractivity contribution in [3.05, 3.63) is 29.8 Å². The van der Waals surface area contributed by atoms with Crippen LogP contribution in [0.4, 0.5) is 0 Å². The first-order chi connectivity index (χ1) is 7.15. The van der Waals surface area contributed by atoms with Gasteiger partial charge in [0.1, 0.15) is 0 Å². The van der Waals surface area contributed by atoms with E-state index in [0.29, 0.717) is 11.3 Å². The molecule has 1 heterocycles. The molecule has 0 aliphatic carbocycles. The van der Waals surface area contributed by atoms with Gasteiger partial charge in [0.2, 0.25) is 0 Å². The Bertz CT molecular complexity index is 346. The summed E-state index contributed by atoms with van der Waals surface area (Å²) in [6.45, 7) is 5.50. The molecule has 0 fully saturated rings. The number of fused-ring (bicyclic) bond motifs is 1. The van der Waals surface area contributed by atoms with Crippen LogP contribution in [0.1, 0.15) is 31.7 Å². The molecule has 2 rings (SSSR count). The summed E-state index contributed by atoms with van der Waals surface area (Å²) in [5.41, 5.74) is 7.61. The van der Waals surface area contributed by atoms with Gasteiger partial charge in [-0.05, 0) is 35.9 Å². The topological polar surface area (TPSA) is 26.0 Å². The molecule has 1 atom stereocenters. The molecule has 2 heteroatoms. The Kier molecular flexibility index (Phi) is 3.08. The van der Waals surface area contributed by atoms with Crippen LogP contribution in [0.2, 0.25) is 0 Å². The van der Waals surface area contributed by atoms with Gasteiger partial charge in [-0.25, -0.2) is 0 Å². The quantitative estimate of drug-likeness (QED) is 0.829. The zero-order chi connectivity index (χ0) is 10.9. The minimum absolute atomic E-state index is 0.373. The summed E-state index contributed by atoms with van der Waals surface area (Å²) in [5, 5.41) is 0. The van der Waals surface area contributed by atoms with E-state index in [1.54, 1.807) is 0 Å². The molecule has 1 nitrogen and oxygen atoms in total. The van der Waals surface area contributed by atoms with Crippen LogP contribution in [0, 0.1) is 5.41 Å². The Hall–Kier alpha value is -0.470. The van der Waals surface area contributed by atoms with Crippen molar-refractivity contribution in [2.45, 2.75) is 31.1 Å². The zero-order valence-electron chi connectivity index (χ0n) is 9.49. The summed E-state index contributed by atoms with van der Waals surface area (Å²) >= 11 is 1.98. The second-order valence-electron chi connectivity index (χ2n) is 4.95. The maximum absolute atomic E-state index is 5.73. The minimum Gasteiger partial charge on any atom is -0.330 e. The van der Waals surface area contributed by atoms with Crippen molar-refractivity contribution in [3.8, 4) is 0 Å². The molecule has 0 spiro atoms. The molecule has 15 heavy (non-hydrogen) atoms. The van der Waals surface area contributed by atoms with E-state index in [0.717, 1.165) is 13.0 Å².